The van der Waals surface area contributed by atoms with E-state index in [1.807, 2.05) is 6.07 Å². The lowest BCUT2D eigenvalue weighted by Gasteiger charge is -2.22. The molecule has 20 heavy (non-hydrogen) atoms. The second-order valence-electron chi connectivity index (χ2n) is 4.92. The van der Waals surface area contributed by atoms with E-state index in [4.69, 9.17) is 10.2 Å². The Morgan fingerprint density at radius 1 is 1.60 bits per heavy atom. The first kappa shape index (κ1) is 12.9. The standard InChI is InChI=1S/C13H17N5O2/c14-6-9-7-18(17-16-9)8-13(19)15-11-2-1-3-12-10(11)4-5-20-12/h4-5,7,11H,1-3,6,8,14H2,(H,15,19). The highest BCUT2D eigenvalue weighted by molar-refractivity contribution is 5.76. The molecule has 7 heteroatoms. The normalized spacial score (nSPS) is 17.8. The maximum atomic E-state index is 12.0. The molecule has 2 aromatic heterocycles. The average Bonchev–Trinajstić information content (AvgIpc) is 3.07. The van der Waals surface area contributed by atoms with E-state index in [9.17, 15) is 4.79 Å². The van der Waals surface area contributed by atoms with E-state index in [1.165, 1.54) is 4.68 Å². The number of amides is 1. The van der Waals surface area contributed by atoms with Gasteiger partial charge in [0.15, 0.2) is 0 Å². The zero-order chi connectivity index (χ0) is 13.9. The van der Waals surface area contributed by atoms with Gasteiger partial charge in [-0.25, -0.2) is 4.68 Å². The zero-order valence-corrected chi connectivity index (χ0v) is 11.1. The van der Waals surface area contributed by atoms with Crippen molar-refractivity contribution in [2.75, 3.05) is 0 Å². The molecular formula is C13H17N5O2. The largest absolute Gasteiger partial charge is 0.469 e. The number of aryl methyl sites for hydroxylation is 1. The summed E-state index contributed by atoms with van der Waals surface area (Å²) in [5.74, 6) is 0.894. The number of carbonyl (C=O) groups excluding carboxylic acids is 1. The number of hydrogen-bond acceptors (Lipinski definition) is 5. The molecule has 0 aliphatic heterocycles. The van der Waals surface area contributed by atoms with Gasteiger partial charge in [-0.2, -0.15) is 0 Å². The summed E-state index contributed by atoms with van der Waals surface area (Å²) in [5, 5.41) is 10.7. The second-order valence-corrected chi connectivity index (χ2v) is 4.92. The van der Waals surface area contributed by atoms with Gasteiger partial charge in [0.1, 0.15) is 12.3 Å². The molecule has 3 N–H and O–H groups in total. The van der Waals surface area contributed by atoms with Gasteiger partial charge in [0.2, 0.25) is 5.91 Å². The topological polar surface area (TPSA) is 99.0 Å². The van der Waals surface area contributed by atoms with Gasteiger partial charge < -0.3 is 15.5 Å². The van der Waals surface area contributed by atoms with Gasteiger partial charge in [0.25, 0.3) is 0 Å². The van der Waals surface area contributed by atoms with Crippen molar-refractivity contribution >= 4 is 5.91 Å². The minimum Gasteiger partial charge on any atom is -0.469 e. The molecule has 0 saturated heterocycles. The number of furan rings is 1. The van der Waals surface area contributed by atoms with Crippen LogP contribution in [0.15, 0.2) is 22.9 Å². The van der Waals surface area contributed by atoms with Crippen LogP contribution in [0.2, 0.25) is 0 Å². The number of carbonyl (C=O) groups is 1. The van der Waals surface area contributed by atoms with Gasteiger partial charge >= 0.3 is 0 Å². The van der Waals surface area contributed by atoms with Gasteiger partial charge in [-0.15, -0.1) is 5.10 Å². The van der Waals surface area contributed by atoms with Gasteiger partial charge in [0, 0.05) is 18.5 Å². The number of nitrogens with zero attached hydrogens (tertiary/aromatic N) is 3. The van der Waals surface area contributed by atoms with Crippen LogP contribution in [0.3, 0.4) is 0 Å². The fourth-order valence-electron chi connectivity index (χ4n) is 2.53. The monoisotopic (exact) mass is 275 g/mol. The van der Waals surface area contributed by atoms with Crippen molar-refractivity contribution in [2.45, 2.75) is 38.4 Å². The molecule has 7 nitrogen and oxygen atoms in total. The molecule has 1 atom stereocenters. The molecule has 0 radical (unpaired) electrons. The highest BCUT2D eigenvalue weighted by atomic mass is 16.3. The van der Waals surface area contributed by atoms with Gasteiger partial charge in [0.05, 0.1) is 24.2 Å². The predicted molar refractivity (Wildman–Crippen MR) is 70.4 cm³/mol. The maximum absolute atomic E-state index is 12.0. The lowest BCUT2D eigenvalue weighted by atomic mass is 9.93. The zero-order valence-electron chi connectivity index (χ0n) is 11.1. The third kappa shape index (κ3) is 2.57. The molecule has 2 heterocycles. The molecule has 2 aromatic rings. The Balaban J connectivity index is 1.62. The highest BCUT2D eigenvalue weighted by Gasteiger charge is 2.24. The van der Waals surface area contributed by atoms with Crippen molar-refractivity contribution in [2.24, 2.45) is 5.73 Å². The van der Waals surface area contributed by atoms with E-state index >= 15 is 0 Å². The van der Waals surface area contributed by atoms with E-state index < -0.39 is 0 Å². The van der Waals surface area contributed by atoms with Crippen molar-refractivity contribution in [3.63, 3.8) is 0 Å². The summed E-state index contributed by atoms with van der Waals surface area (Å²) in [6, 6.07) is 1.96. The Bertz CT molecular complexity index is 603. The van der Waals surface area contributed by atoms with Crippen molar-refractivity contribution in [3.8, 4) is 0 Å². The second kappa shape index (κ2) is 5.46. The van der Waals surface area contributed by atoms with Crippen LogP contribution in [0.5, 0.6) is 0 Å². The lowest BCUT2D eigenvalue weighted by molar-refractivity contribution is -0.122. The van der Waals surface area contributed by atoms with Gasteiger partial charge in [-0.05, 0) is 18.9 Å². The molecule has 1 amide bonds. The molecule has 0 aromatic carbocycles. The molecule has 3 rings (SSSR count). The quantitative estimate of drug-likeness (QED) is 0.847. The first-order valence-corrected chi connectivity index (χ1v) is 6.71. The fourth-order valence-corrected chi connectivity index (χ4v) is 2.53. The van der Waals surface area contributed by atoms with Crippen LogP contribution in [0.1, 0.15) is 35.9 Å². The van der Waals surface area contributed by atoms with Crippen LogP contribution >= 0.6 is 0 Å². The Hall–Kier alpha value is -2.15. The molecule has 1 aliphatic rings. The average molecular weight is 275 g/mol. The summed E-state index contributed by atoms with van der Waals surface area (Å²) in [6.07, 6.45) is 6.26. The predicted octanol–water partition coefficient (Wildman–Crippen LogP) is 0.524. The first-order valence-electron chi connectivity index (χ1n) is 6.71. The van der Waals surface area contributed by atoms with Crippen LogP contribution < -0.4 is 11.1 Å². The van der Waals surface area contributed by atoms with Crippen LogP contribution in [0, 0.1) is 0 Å². The minimum absolute atomic E-state index is 0.0301. The number of rotatable bonds is 4. The van der Waals surface area contributed by atoms with Crippen LogP contribution in [0.25, 0.3) is 0 Å². The Morgan fingerprint density at radius 2 is 2.50 bits per heavy atom. The summed E-state index contributed by atoms with van der Waals surface area (Å²) >= 11 is 0. The molecule has 1 aliphatic carbocycles. The Labute approximate surface area is 116 Å². The smallest absolute Gasteiger partial charge is 0.242 e. The third-order valence-electron chi connectivity index (χ3n) is 3.49. The van der Waals surface area contributed by atoms with Crippen molar-refractivity contribution in [1.29, 1.82) is 0 Å². The van der Waals surface area contributed by atoms with E-state index in [0.29, 0.717) is 12.2 Å². The summed E-state index contributed by atoms with van der Waals surface area (Å²) in [5.41, 5.74) is 7.22. The highest BCUT2D eigenvalue weighted by Crippen LogP contribution is 2.30. The number of fused-ring (bicyclic) bond motifs is 1. The minimum atomic E-state index is -0.0856. The lowest BCUT2D eigenvalue weighted by Crippen LogP contribution is -2.33. The summed E-state index contributed by atoms with van der Waals surface area (Å²) in [6.45, 7) is 0.472. The SMILES string of the molecule is NCc1cn(CC(=O)NC2CCCc3occc32)nn1. The van der Waals surface area contributed by atoms with Crippen molar-refractivity contribution in [1.82, 2.24) is 20.3 Å². The Kier molecular flexibility index (Phi) is 3.51. The summed E-state index contributed by atoms with van der Waals surface area (Å²) in [7, 11) is 0. The number of nitrogens with one attached hydrogen (secondary N) is 1. The number of aromatic nitrogens is 3. The van der Waals surface area contributed by atoms with Gasteiger partial charge in [-0.1, -0.05) is 5.21 Å². The molecule has 0 spiro atoms. The molecule has 0 bridgehead atoms. The van der Waals surface area contributed by atoms with E-state index in [-0.39, 0.29) is 18.5 Å². The van der Waals surface area contributed by atoms with Crippen molar-refractivity contribution in [3.05, 3.63) is 35.5 Å². The maximum Gasteiger partial charge on any atom is 0.242 e. The van der Waals surface area contributed by atoms with E-state index in [1.54, 1.807) is 12.5 Å². The molecule has 0 saturated carbocycles. The van der Waals surface area contributed by atoms with Gasteiger partial charge in [-0.3, -0.25) is 4.79 Å². The molecular weight excluding hydrogens is 258 g/mol. The van der Waals surface area contributed by atoms with Crippen LogP contribution in [-0.4, -0.2) is 20.9 Å². The van der Waals surface area contributed by atoms with E-state index in [2.05, 4.69) is 15.6 Å². The summed E-state index contributed by atoms with van der Waals surface area (Å²) < 4.78 is 6.91. The summed E-state index contributed by atoms with van der Waals surface area (Å²) in [4.78, 5) is 12.0. The fraction of sp³-hybridized carbons (Fsp3) is 0.462. The Morgan fingerprint density at radius 3 is 3.30 bits per heavy atom. The number of nitrogens with two attached hydrogens (primary N) is 1. The molecule has 1 unspecified atom stereocenters. The van der Waals surface area contributed by atoms with Crippen LogP contribution in [-0.2, 0) is 24.3 Å². The molecule has 0 fully saturated rings. The van der Waals surface area contributed by atoms with Crippen LogP contribution in [0.4, 0.5) is 0 Å². The van der Waals surface area contributed by atoms with E-state index in [0.717, 1.165) is 30.6 Å². The van der Waals surface area contributed by atoms with Crippen molar-refractivity contribution < 1.29 is 9.21 Å². The third-order valence-corrected chi connectivity index (χ3v) is 3.49. The number of hydrogen-bond donors (Lipinski definition) is 2. The first-order chi connectivity index (χ1) is 9.76. The molecule has 106 valence electrons.